The minimum absolute atomic E-state index is 0.123. The van der Waals surface area contributed by atoms with E-state index in [0.717, 1.165) is 30.3 Å². The van der Waals surface area contributed by atoms with Gasteiger partial charge in [-0.05, 0) is 48.5 Å². The number of alkyl halides is 6. The van der Waals surface area contributed by atoms with Gasteiger partial charge in [-0.25, -0.2) is 14.4 Å². The molecule has 2 aromatic carbocycles. The Labute approximate surface area is 180 Å². The van der Waals surface area contributed by atoms with E-state index >= 15 is 0 Å². The number of aromatic nitrogens is 2. The highest BCUT2D eigenvalue weighted by Gasteiger charge is 2.34. The van der Waals surface area contributed by atoms with E-state index in [1.54, 1.807) is 0 Å². The Morgan fingerprint density at radius 3 is 2.22 bits per heavy atom. The summed E-state index contributed by atoms with van der Waals surface area (Å²) in [7, 11) is 0. The number of rotatable bonds is 5. The van der Waals surface area contributed by atoms with E-state index in [0.29, 0.717) is 17.8 Å². The first kappa shape index (κ1) is 23.5. The van der Waals surface area contributed by atoms with E-state index < -0.39 is 41.1 Å². The number of carbonyl (C=O) groups is 1. The minimum Gasteiger partial charge on any atom is -0.325 e. The minimum atomic E-state index is -4.80. The molecule has 1 aromatic heterocycles. The molecular weight excluding hydrogens is 463 g/mol. The number of hydrogen-bond donors (Lipinski definition) is 1. The summed E-state index contributed by atoms with van der Waals surface area (Å²) in [4.78, 5) is 19.5. The van der Waals surface area contributed by atoms with Crippen LogP contribution in [0.5, 0.6) is 0 Å². The molecule has 0 unspecified atom stereocenters. The van der Waals surface area contributed by atoms with Crippen LogP contribution in [0.25, 0.3) is 11.3 Å². The SMILES string of the molecule is O=C(CSc1nc(-c2ccc(F)cc2)cc(C(F)(F)F)n1)Nc1cccc(C(F)(F)F)c1. The summed E-state index contributed by atoms with van der Waals surface area (Å²) in [6.45, 7) is 0. The van der Waals surface area contributed by atoms with Crippen molar-refractivity contribution in [2.24, 2.45) is 0 Å². The lowest BCUT2D eigenvalue weighted by Gasteiger charge is -2.11. The number of benzene rings is 2. The standard InChI is InChI=1S/C20H12F7N3OS/c21-13-6-4-11(5-7-13)15-9-16(20(25,26)27)30-18(29-15)32-10-17(31)28-14-3-1-2-12(8-14)19(22,23)24/h1-9H,10H2,(H,28,31). The molecule has 0 bridgehead atoms. The maximum Gasteiger partial charge on any atom is 0.433 e. The van der Waals surface area contributed by atoms with Gasteiger partial charge in [0.15, 0.2) is 5.16 Å². The van der Waals surface area contributed by atoms with Crippen LogP contribution >= 0.6 is 11.8 Å². The zero-order chi connectivity index (χ0) is 23.5. The Kier molecular flexibility index (Phi) is 6.72. The Balaban J connectivity index is 1.77. The topological polar surface area (TPSA) is 54.9 Å². The van der Waals surface area contributed by atoms with E-state index in [1.165, 1.54) is 18.2 Å². The van der Waals surface area contributed by atoms with Crippen LogP contribution in [-0.4, -0.2) is 21.6 Å². The molecule has 32 heavy (non-hydrogen) atoms. The van der Waals surface area contributed by atoms with Crippen molar-refractivity contribution in [3.8, 4) is 11.3 Å². The number of nitrogens with one attached hydrogen (secondary N) is 1. The summed E-state index contributed by atoms with van der Waals surface area (Å²) in [5.41, 5.74) is -2.27. The fourth-order valence-corrected chi connectivity index (χ4v) is 3.16. The van der Waals surface area contributed by atoms with Gasteiger partial charge in [0.25, 0.3) is 0 Å². The van der Waals surface area contributed by atoms with E-state index in [9.17, 15) is 35.5 Å². The molecule has 0 saturated heterocycles. The maximum atomic E-state index is 13.2. The van der Waals surface area contributed by atoms with Crippen LogP contribution in [-0.2, 0) is 17.1 Å². The van der Waals surface area contributed by atoms with E-state index in [4.69, 9.17) is 0 Å². The Morgan fingerprint density at radius 2 is 1.59 bits per heavy atom. The number of anilines is 1. The van der Waals surface area contributed by atoms with Crippen molar-refractivity contribution >= 4 is 23.4 Å². The third kappa shape index (κ3) is 6.19. The molecule has 0 spiro atoms. The maximum absolute atomic E-state index is 13.2. The molecule has 0 aliphatic carbocycles. The van der Waals surface area contributed by atoms with Gasteiger partial charge >= 0.3 is 12.4 Å². The molecular formula is C20H12F7N3OS. The Bertz CT molecular complexity index is 1120. The fraction of sp³-hybridized carbons (Fsp3) is 0.150. The monoisotopic (exact) mass is 475 g/mol. The summed E-state index contributed by atoms with van der Waals surface area (Å²) >= 11 is 0.569. The second-order valence-electron chi connectivity index (χ2n) is 6.34. The first-order valence-corrected chi connectivity index (χ1v) is 9.72. The van der Waals surface area contributed by atoms with Crippen molar-refractivity contribution in [1.29, 1.82) is 0 Å². The van der Waals surface area contributed by atoms with Crippen molar-refractivity contribution in [2.75, 3.05) is 11.1 Å². The first-order chi connectivity index (χ1) is 14.9. The van der Waals surface area contributed by atoms with Crippen LogP contribution in [0.15, 0.2) is 59.8 Å². The average Bonchev–Trinajstić information content (AvgIpc) is 2.71. The van der Waals surface area contributed by atoms with Crippen LogP contribution in [0.4, 0.5) is 36.4 Å². The molecule has 0 radical (unpaired) electrons. The normalized spacial score (nSPS) is 12.0. The van der Waals surface area contributed by atoms with E-state index in [-0.39, 0.29) is 22.1 Å². The van der Waals surface area contributed by atoms with Gasteiger partial charge in [-0.2, -0.15) is 26.3 Å². The second-order valence-corrected chi connectivity index (χ2v) is 7.28. The molecule has 0 saturated carbocycles. The number of amides is 1. The predicted molar refractivity (Wildman–Crippen MR) is 103 cm³/mol. The predicted octanol–water partition coefficient (Wildman–Crippen LogP) is 6.05. The smallest absolute Gasteiger partial charge is 0.325 e. The number of nitrogens with zero attached hydrogens (tertiary/aromatic N) is 2. The second kappa shape index (κ2) is 9.15. The lowest BCUT2D eigenvalue weighted by molar-refractivity contribution is -0.141. The third-order valence-corrected chi connectivity index (χ3v) is 4.79. The largest absolute Gasteiger partial charge is 0.433 e. The van der Waals surface area contributed by atoms with Crippen molar-refractivity contribution in [1.82, 2.24) is 9.97 Å². The Morgan fingerprint density at radius 1 is 0.906 bits per heavy atom. The molecule has 168 valence electrons. The van der Waals surface area contributed by atoms with Gasteiger partial charge in [0.05, 0.1) is 17.0 Å². The highest BCUT2D eigenvalue weighted by Crippen LogP contribution is 2.33. The quantitative estimate of drug-likeness (QED) is 0.277. The molecule has 0 fully saturated rings. The van der Waals surface area contributed by atoms with Gasteiger partial charge in [-0.15, -0.1) is 0 Å². The van der Waals surface area contributed by atoms with Crippen molar-refractivity contribution in [3.63, 3.8) is 0 Å². The van der Waals surface area contributed by atoms with E-state index in [1.807, 2.05) is 0 Å². The fourth-order valence-electron chi connectivity index (χ4n) is 2.50. The van der Waals surface area contributed by atoms with E-state index in [2.05, 4.69) is 15.3 Å². The van der Waals surface area contributed by atoms with Crippen LogP contribution in [0.1, 0.15) is 11.3 Å². The van der Waals surface area contributed by atoms with Crippen LogP contribution in [0.2, 0.25) is 0 Å². The lowest BCUT2D eigenvalue weighted by Crippen LogP contribution is -2.16. The van der Waals surface area contributed by atoms with Gasteiger partial charge in [0, 0.05) is 11.3 Å². The molecule has 0 aliphatic rings. The first-order valence-electron chi connectivity index (χ1n) is 8.74. The lowest BCUT2D eigenvalue weighted by atomic mass is 10.1. The molecule has 3 rings (SSSR count). The number of halogens is 7. The zero-order valence-electron chi connectivity index (χ0n) is 15.8. The highest BCUT2D eigenvalue weighted by molar-refractivity contribution is 7.99. The molecule has 0 aliphatic heterocycles. The van der Waals surface area contributed by atoms with Gasteiger partial charge in [-0.3, -0.25) is 4.79 Å². The summed E-state index contributed by atoms with van der Waals surface area (Å²) in [6, 6.07) is 9.20. The van der Waals surface area contributed by atoms with Gasteiger partial charge in [0.2, 0.25) is 5.91 Å². The van der Waals surface area contributed by atoms with Crippen molar-refractivity contribution < 1.29 is 35.5 Å². The molecule has 3 aromatic rings. The third-order valence-electron chi connectivity index (χ3n) is 3.94. The van der Waals surface area contributed by atoms with Gasteiger partial charge in [-0.1, -0.05) is 17.8 Å². The summed E-state index contributed by atoms with van der Waals surface area (Å²) < 4.78 is 91.0. The highest BCUT2D eigenvalue weighted by atomic mass is 32.2. The van der Waals surface area contributed by atoms with Gasteiger partial charge in [0.1, 0.15) is 11.5 Å². The number of hydrogen-bond acceptors (Lipinski definition) is 4. The van der Waals surface area contributed by atoms with Crippen molar-refractivity contribution in [3.05, 3.63) is 71.7 Å². The molecule has 4 nitrogen and oxygen atoms in total. The molecule has 12 heteroatoms. The summed E-state index contributed by atoms with van der Waals surface area (Å²) in [5, 5.41) is 1.87. The molecule has 0 atom stereocenters. The van der Waals surface area contributed by atoms with Crippen LogP contribution < -0.4 is 5.32 Å². The molecule has 1 amide bonds. The zero-order valence-corrected chi connectivity index (χ0v) is 16.6. The number of thioether (sulfide) groups is 1. The average molecular weight is 475 g/mol. The van der Waals surface area contributed by atoms with Gasteiger partial charge < -0.3 is 5.32 Å². The summed E-state index contributed by atoms with van der Waals surface area (Å²) in [5.74, 6) is -1.81. The van der Waals surface area contributed by atoms with Crippen molar-refractivity contribution in [2.45, 2.75) is 17.5 Å². The van der Waals surface area contributed by atoms with Crippen LogP contribution in [0.3, 0.4) is 0 Å². The molecule has 1 heterocycles. The number of carbonyl (C=O) groups excluding carboxylic acids is 1. The molecule has 1 N–H and O–H groups in total. The Hall–Kier alpha value is -3.15. The van der Waals surface area contributed by atoms with Crippen LogP contribution in [0, 0.1) is 5.82 Å². The summed E-state index contributed by atoms with van der Waals surface area (Å²) in [6.07, 6.45) is -9.40.